The first-order chi connectivity index (χ1) is 36.2. The van der Waals surface area contributed by atoms with Crippen LogP contribution in [0.15, 0.2) is 224 Å². The Kier molecular flexibility index (Phi) is 8.75. The molecule has 15 aromatic rings. The summed E-state index contributed by atoms with van der Waals surface area (Å²) in [5, 5.41) is 22.9. The van der Waals surface area contributed by atoms with Crippen LogP contribution in [0.2, 0.25) is 0 Å². The summed E-state index contributed by atoms with van der Waals surface area (Å²) in [5.74, 6) is 0. The van der Waals surface area contributed by atoms with Crippen molar-refractivity contribution in [1.82, 2.24) is 22.8 Å². The second-order valence-corrected chi connectivity index (χ2v) is 19.1. The number of rotatable bonds is 6. The zero-order valence-electron chi connectivity index (χ0n) is 40.1. The summed E-state index contributed by atoms with van der Waals surface area (Å²) in [4.78, 5) is 0. The summed E-state index contributed by atoms with van der Waals surface area (Å²) in [6, 6.07) is 81.7. The molecule has 0 amide bonds. The van der Waals surface area contributed by atoms with Crippen LogP contribution in [0.4, 0.5) is 0 Å². The Morgan fingerprint density at radius 2 is 0.521 bits per heavy atom. The van der Waals surface area contributed by atoms with Gasteiger partial charge in [0.1, 0.15) is 11.6 Å². The molecule has 5 aromatic heterocycles. The largest absolute Gasteiger partial charge is 0.309 e. The molecule has 0 unspecified atom stereocenters. The van der Waals surface area contributed by atoms with Crippen molar-refractivity contribution >= 4 is 104 Å². The fraction of sp³-hybridized carbons (Fsp3) is 0.0299. The number of hydrogen-bond donors (Lipinski definition) is 0. The molecular weight excluding hydrogens is 889 g/mol. The third-order valence-electron chi connectivity index (χ3n) is 15.4. The molecule has 0 bridgehead atoms. The Balaban J connectivity index is 1.35. The van der Waals surface area contributed by atoms with E-state index in [1.54, 1.807) is 0 Å². The average molecular weight is 933 g/mol. The van der Waals surface area contributed by atoms with Crippen molar-refractivity contribution in [3.63, 3.8) is 0 Å². The third-order valence-corrected chi connectivity index (χ3v) is 15.4. The Labute approximate surface area is 419 Å². The predicted octanol–water partition coefficient (Wildman–Crippen LogP) is 17.2. The summed E-state index contributed by atoms with van der Waals surface area (Å²) >= 11 is 0. The monoisotopic (exact) mass is 932 g/mol. The molecule has 0 N–H and O–H groups in total. The van der Waals surface area contributed by atoms with E-state index < -0.39 is 0 Å². The molecule has 342 valence electrons. The highest BCUT2D eigenvalue weighted by molar-refractivity contribution is 6.16. The Morgan fingerprint density at radius 3 is 0.795 bits per heavy atom. The van der Waals surface area contributed by atoms with E-state index in [0.29, 0.717) is 5.56 Å². The standard InChI is InChI=1S/C67H44N6/c1-3-22-43-42(2)69(54-32-13-4-23-44(43)54)65-63(70-55-33-14-5-24-45(55)46-25-6-15-34-56(46)70)53(41-68)64(71-57-35-16-7-26-47(57)48-27-8-17-36-58(48)71)66(72-59-37-18-9-28-49(59)50-29-10-19-38-60(50)72)67(65)73-61-39-20-11-30-51(61)52-31-12-21-40-62(52)73/h3-40H,1-2H3/b22-3-. The van der Waals surface area contributed by atoms with E-state index in [1.807, 2.05) is 0 Å². The maximum absolute atomic E-state index is 12.8. The summed E-state index contributed by atoms with van der Waals surface area (Å²) in [5.41, 5.74) is 16.3. The quantitative estimate of drug-likeness (QED) is 0.164. The van der Waals surface area contributed by atoms with Crippen molar-refractivity contribution in [2.24, 2.45) is 0 Å². The van der Waals surface area contributed by atoms with Crippen LogP contribution in [0.1, 0.15) is 23.7 Å². The molecule has 0 aliphatic rings. The van der Waals surface area contributed by atoms with E-state index in [0.717, 1.165) is 138 Å². The van der Waals surface area contributed by atoms with Gasteiger partial charge in [-0.1, -0.05) is 176 Å². The number of nitrogens with zero attached hydrogens (tertiary/aromatic N) is 6. The van der Waals surface area contributed by atoms with Gasteiger partial charge in [0.15, 0.2) is 0 Å². The van der Waals surface area contributed by atoms with Crippen LogP contribution >= 0.6 is 0 Å². The zero-order chi connectivity index (χ0) is 48.5. The van der Waals surface area contributed by atoms with Gasteiger partial charge in [-0.15, -0.1) is 0 Å². The van der Waals surface area contributed by atoms with Gasteiger partial charge in [-0.2, -0.15) is 5.26 Å². The van der Waals surface area contributed by atoms with Crippen LogP contribution in [0, 0.1) is 18.3 Å². The van der Waals surface area contributed by atoms with Crippen LogP contribution in [-0.2, 0) is 0 Å². The maximum Gasteiger partial charge on any atom is 0.105 e. The normalized spacial score (nSPS) is 12.2. The first kappa shape index (κ1) is 41.0. The number of benzene rings is 10. The van der Waals surface area contributed by atoms with E-state index in [-0.39, 0.29) is 0 Å². The highest BCUT2D eigenvalue weighted by Crippen LogP contribution is 2.51. The van der Waals surface area contributed by atoms with Gasteiger partial charge in [-0.25, -0.2) is 0 Å². The molecule has 0 atom stereocenters. The number of para-hydroxylation sites is 9. The summed E-state index contributed by atoms with van der Waals surface area (Å²) < 4.78 is 12.2. The molecule has 73 heavy (non-hydrogen) atoms. The van der Waals surface area contributed by atoms with Gasteiger partial charge < -0.3 is 22.8 Å². The van der Waals surface area contributed by atoms with Crippen LogP contribution in [-0.4, -0.2) is 22.8 Å². The summed E-state index contributed by atoms with van der Waals surface area (Å²) in [7, 11) is 0. The van der Waals surface area contributed by atoms with Crippen molar-refractivity contribution in [3.8, 4) is 34.5 Å². The number of aromatic nitrogens is 5. The first-order valence-corrected chi connectivity index (χ1v) is 25.0. The van der Waals surface area contributed by atoms with Crippen LogP contribution in [0.25, 0.3) is 133 Å². The van der Waals surface area contributed by atoms with Crippen molar-refractivity contribution in [1.29, 1.82) is 5.26 Å². The summed E-state index contributed by atoms with van der Waals surface area (Å²) in [6.07, 6.45) is 4.37. The number of nitriles is 1. The van der Waals surface area contributed by atoms with Crippen LogP contribution in [0.3, 0.4) is 0 Å². The van der Waals surface area contributed by atoms with Crippen molar-refractivity contribution in [2.75, 3.05) is 0 Å². The second kappa shape index (κ2) is 15.6. The molecule has 10 aromatic carbocycles. The zero-order valence-corrected chi connectivity index (χ0v) is 40.1. The first-order valence-electron chi connectivity index (χ1n) is 25.0. The van der Waals surface area contributed by atoms with Gasteiger partial charge in [0.25, 0.3) is 0 Å². The Morgan fingerprint density at radius 1 is 0.301 bits per heavy atom. The van der Waals surface area contributed by atoms with Crippen molar-refractivity contribution in [3.05, 3.63) is 241 Å². The van der Waals surface area contributed by atoms with Gasteiger partial charge in [0.2, 0.25) is 0 Å². The molecule has 6 nitrogen and oxygen atoms in total. The van der Waals surface area contributed by atoms with Crippen molar-refractivity contribution in [2.45, 2.75) is 13.8 Å². The predicted molar refractivity (Wildman–Crippen MR) is 305 cm³/mol. The highest BCUT2D eigenvalue weighted by atomic mass is 15.2. The molecule has 0 spiro atoms. The molecule has 0 saturated heterocycles. The minimum absolute atomic E-state index is 0.541. The topological polar surface area (TPSA) is 48.4 Å². The molecule has 0 aliphatic carbocycles. The van der Waals surface area contributed by atoms with E-state index in [9.17, 15) is 5.26 Å². The lowest BCUT2D eigenvalue weighted by atomic mass is 10.0. The maximum atomic E-state index is 12.8. The number of fused-ring (bicyclic) bond motifs is 13. The lowest BCUT2D eigenvalue weighted by Crippen LogP contribution is -2.19. The Bertz CT molecular complexity index is 4690. The van der Waals surface area contributed by atoms with Gasteiger partial charge in [0, 0.05) is 59.7 Å². The molecule has 5 heterocycles. The molecular formula is C67H44N6. The SMILES string of the molecule is C/C=C\c1c(C)n(-c2c(-n3c4ccccc4c4ccccc43)c(C#N)c(-n3c4ccccc4c4ccccc43)c(-n3c4ccccc4c4ccccc43)c2-n2c3ccccc3c3ccccc32)c2ccccc12. The van der Waals surface area contributed by atoms with E-state index >= 15 is 0 Å². The van der Waals surface area contributed by atoms with E-state index in [2.05, 4.69) is 273 Å². The van der Waals surface area contributed by atoms with Crippen LogP contribution in [0.5, 0.6) is 0 Å². The minimum Gasteiger partial charge on any atom is -0.309 e. The lowest BCUT2D eigenvalue weighted by molar-refractivity contribution is 0.961. The summed E-state index contributed by atoms with van der Waals surface area (Å²) in [6.45, 7) is 4.33. The fourth-order valence-corrected chi connectivity index (χ4v) is 12.6. The molecule has 15 rings (SSSR count). The minimum atomic E-state index is 0.541. The average Bonchev–Trinajstić information content (AvgIpc) is 4.22. The Hall–Kier alpha value is -9.83. The second-order valence-electron chi connectivity index (χ2n) is 19.1. The van der Waals surface area contributed by atoms with E-state index in [4.69, 9.17) is 0 Å². The van der Waals surface area contributed by atoms with Crippen LogP contribution < -0.4 is 0 Å². The third kappa shape index (κ3) is 5.51. The molecule has 0 aliphatic heterocycles. The highest BCUT2D eigenvalue weighted by Gasteiger charge is 2.36. The van der Waals surface area contributed by atoms with Gasteiger partial charge >= 0.3 is 0 Å². The van der Waals surface area contributed by atoms with Gasteiger partial charge in [0.05, 0.1) is 78.1 Å². The number of hydrogen-bond acceptors (Lipinski definition) is 1. The van der Waals surface area contributed by atoms with Crippen molar-refractivity contribution < 1.29 is 0 Å². The molecule has 0 saturated carbocycles. The lowest BCUT2D eigenvalue weighted by Gasteiger charge is -2.30. The number of allylic oxidation sites excluding steroid dienone is 1. The van der Waals surface area contributed by atoms with Gasteiger partial charge in [-0.05, 0) is 68.4 Å². The fourth-order valence-electron chi connectivity index (χ4n) is 12.6. The molecule has 0 radical (unpaired) electrons. The molecule has 6 heteroatoms. The molecule has 0 fully saturated rings. The smallest absolute Gasteiger partial charge is 0.105 e. The van der Waals surface area contributed by atoms with E-state index in [1.165, 1.54) is 0 Å². The van der Waals surface area contributed by atoms with Gasteiger partial charge in [-0.3, -0.25) is 0 Å².